The summed E-state index contributed by atoms with van der Waals surface area (Å²) in [4.78, 5) is 39.6. The Morgan fingerprint density at radius 2 is 1.93 bits per heavy atom. The number of aliphatic hydroxyl groups is 2. The maximum atomic E-state index is 11.8. The molecule has 29 heavy (non-hydrogen) atoms. The topological polar surface area (TPSA) is 209 Å². The minimum Gasteiger partial charge on any atom is -0.387 e. The number of nitrogens with zero attached hydrogens (tertiary/aromatic N) is 4. The first-order valence-corrected chi connectivity index (χ1v) is 12.0. The van der Waals surface area contributed by atoms with E-state index in [0.717, 1.165) is 0 Å². The molecule has 1 fully saturated rings. The standard InChI is InChI=1S/C13H21N5O9P2/c1-2-14-11-8-12(16-4-15-11)18(5-17-8)13-10(20)9(19)7(27-13)3-26-29(24,25)6-28(21,22)23/h4-5,7,9-10,13,19-20H,2-3,6H2,1H3,(H,24,25)(H,14,15,16)(H2,21,22,23)/t7-,9-,10-,13-/m1/s1. The lowest BCUT2D eigenvalue weighted by Gasteiger charge is -2.18. The fourth-order valence-electron chi connectivity index (χ4n) is 2.90. The van der Waals surface area contributed by atoms with Gasteiger partial charge in [-0.1, -0.05) is 0 Å². The fourth-order valence-corrected chi connectivity index (χ4v) is 5.46. The van der Waals surface area contributed by atoms with E-state index < -0.39 is 52.2 Å². The van der Waals surface area contributed by atoms with Crippen LogP contribution in [0.2, 0.25) is 0 Å². The average Bonchev–Trinajstić information content (AvgIpc) is 3.15. The van der Waals surface area contributed by atoms with Gasteiger partial charge in [-0.05, 0) is 6.92 Å². The molecule has 2 aromatic rings. The molecule has 162 valence electrons. The number of aliphatic hydroxyl groups excluding tert-OH is 2. The summed E-state index contributed by atoms with van der Waals surface area (Å²) in [5.74, 6) is -0.895. The van der Waals surface area contributed by atoms with Crippen molar-refractivity contribution in [2.45, 2.75) is 31.5 Å². The molecule has 16 heteroatoms. The Labute approximate surface area is 164 Å². The van der Waals surface area contributed by atoms with Gasteiger partial charge in [0.15, 0.2) is 29.1 Å². The Kier molecular flexibility index (Phi) is 6.39. The first-order chi connectivity index (χ1) is 13.5. The molecule has 3 rings (SSSR count). The molecule has 5 atom stereocenters. The van der Waals surface area contributed by atoms with E-state index >= 15 is 0 Å². The monoisotopic (exact) mass is 453 g/mol. The van der Waals surface area contributed by atoms with Gasteiger partial charge < -0.3 is 39.5 Å². The average molecular weight is 453 g/mol. The van der Waals surface area contributed by atoms with Crippen LogP contribution >= 0.6 is 15.2 Å². The highest BCUT2D eigenvalue weighted by atomic mass is 31.2. The predicted octanol–water partition coefficient (Wildman–Crippen LogP) is -0.786. The lowest BCUT2D eigenvalue weighted by molar-refractivity contribution is -0.0483. The Morgan fingerprint density at radius 3 is 2.59 bits per heavy atom. The predicted molar refractivity (Wildman–Crippen MR) is 98.1 cm³/mol. The number of anilines is 1. The van der Waals surface area contributed by atoms with Gasteiger partial charge in [-0.15, -0.1) is 0 Å². The Balaban J connectivity index is 1.76. The summed E-state index contributed by atoms with van der Waals surface area (Å²) in [5, 5.41) is 23.6. The van der Waals surface area contributed by atoms with Gasteiger partial charge in [-0.3, -0.25) is 13.7 Å². The minimum absolute atomic E-state index is 0.322. The van der Waals surface area contributed by atoms with E-state index in [2.05, 4.69) is 24.8 Å². The minimum atomic E-state index is -4.79. The summed E-state index contributed by atoms with van der Waals surface area (Å²) in [6, 6.07) is 0. The first kappa shape index (κ1) is 22.2. The van der Waals surface area contributed by atoms with Crippen LogP contribution in [0.25, 0.3) is 11.2 Å². The zero-order valence-electron chi connectivity index (χ0n) is 15.1. The van der Waals surface area contributed by atoms with E-state index in [-0.39, 0.29) is 0 Å². The molecule has 1 unspecified atom stereocenters. The van der Waals surface area contributed by atoms with Crippen molar-refractivity contribution >= 4 is 32.2 Å². The zero-order chi connectivity index (χ0) is 21.4. The second kappa shape index (κ2) is 8.34. The second-order valence-electron chi connectivity index (χ2n) is 6.36. The van der Waals surface area contributed by atoms with E-state index in [4.69, 9.17) is 14.5 Å². The SMILES string of the molecule is CCNc1ncnc2c1ncn2[C@@H]1O[C@H](COP(=O)(O)CP(=O)(O)O)[C@@H](O)[C@H]1O. The smallest absolute Gasteiger partial charge is 0.340 e. The lowest BCUT2D eigenvalue weighted by atomic mass is 10.1. The van der Waals surface area contributed by atoms with Crippen LogP contribution in [0.3, 0.4) is 0 Å². The maximum absolute atomic E-state index is 11.8. The van der Waals surface area contributed by atoms with E-state index in [0.29, 0.717) is 23.5 Å². The van der Waals surface area contributed by atoms with Gasteiger partial charge in [0, 0.05) is 6.54 Å². The van der Waals surface area contributed by atoms with Gasteiger partial charge in [0.25, 0.3) is 0 Å². The molecule has 14 nitrogen and oxygen atoms in total. The molecule has 0 saturated carbocycles. The number of ether oxygens (including phenoxy) is 1. The van der Waals surface area contributed by atoms with E-state index in [1.54, 1.807) is 0 Å². The van der Waals surface area contributed by atoms with Crippen molar-refractivity contribution in [1.29, 1.82) is 0 Å². The summed E-state index contributed by atoms with van der Waals surface area (Å²) in [5.41, 5.74) is 0.740. The van der Waals surface area contributed by atoms with E-state index in [1.807, 2.05) is 6.92 Å². The third kappa shape index (κ3) is 5.00. The number of imidazole rings is 1. The van der Waals surface area contributed by atoms with Crippen molar-refractivity contribution in [3.8, 4) is 0 Å². The van der Waals surface area contributed by atoms with Crippen LogP contribution in [-0.4, -0.2) is 81.8 Å². The molecular formula is C13H21N5O9P2. The number of rotatable bonds is 8. The molecule has 0 aromatic carbocycles. The third-order valence-electron chi connectivity index (χ3n) is 4.12. The third-order valence-corrected chi connectivity index (χ3v) is 7.57. The second-order valence-corrected chi connectivity index (χ2v) is 10.4. The van der Waals surface area contributed by atoms with E-state index in [1.165, 1.54) is 17.2 Å². The quantitative estimate of drug-likeness (QED) is 0.271. The first-order valence-electron chi connectivity index (χ1n) is 8.46. The highest BCUT2D eigenvalue weighted by molar-refractivity contribution is 7.70. The number of hydrogen-bond acceptors (Lipinski definition) is 10. The zero-order valence-corrected chi connectivity index (χ0v) is 16.9. The van der Waals surface area contributed by atoms with Crippen molar-refractivity contribution in [3.05, 3.63) is 12.7 Å². The summed E-state index contributed by atoms with van der Waals surface area (Å²) in [6.07, 6.45) is -2.68. The van der Waals surface area contributed by atoms with Crippen LogP contribution in [0.5, 0.6) is 0 Å². The maximum Gasteiger partial charge on any atom is 0.340 e. The molecule has 1 aliphatic rings. The number of nitrogens with one attached hydrogen (secondary N) is 1. The molecule has 1 aliphatic heterocycles. The van der Waals surface area contributed by atoms with Gasteiger partial charge in [0.05, 0.1) is 12.9 Å². The highest BCUT2D eigenvalue weighted by Crippen LogP contribution is 2.55. The van der Waals surface area contributed by atoms with Gasteiger partial charge >= 0.3 is 15.2 Å². The summed E-state index contributed by atoms with van der Waals surface area (Å²) in [6.45, 7) is 1.80. The van der Waals surface area contributed by atoms with Crippen molar-refractivity contribution in [1.82, 2.24) is 19.5 Å². The summed E-state index contributed by atoms with van der Waals surface area (Å²) >= 11 is 0. The highest BCUT2D eigenvalue weighted by Gasteiger charge is 2.45. The Hall–Kier alpha value is -1.47. The normalized spacial score (nSPS) is 27.2. The number of hydrogen-bond donors (Lipinski definition) is 6. The molecule has 0 radical (unpaired) electrons. The van der Waals surface area contributed by atoms with Crippen LogP contribution in [0, 0.1) is 0 Å². The van der Waals surface area contributed by atoms with Crippen molar-refractivity contribution in [3.63, 3.8) is 0 Å². The molecule has 6 N–H and O–H groups in total. The van der Waals surface area contributed by atoms with Gasteiger partial charge in [-0.2, -0.15) is 0 Å². The van der Waals surface area contributed by atoms with Crippen molar-refractivity contribution in [2.24, 2.45) is 0 Å². The van der Waals surface area contributed by atoms with Gasteiger partial charge in [0.1, 0.15) is 24.6 Å². The lowest BCUT2D eigenvalue weighted by Crippen LogP contribution is -2.33. The molecule has 0 aliphatic carbocycles. The molecular weight excluding hydrogens is 432 g/mol. The summed E-state index contributed by atoms with van der Waals surface area (Å²) < 4.78 is 34.3. The van der Waals surface area contributed by atoms with Crippen molar-refractivity contribution in [2.75, 3.05) is 24.4 Å². The molecule has 0 spiro atoms. The Bertz CT molecular complexity index is 965. The van der Waals surface area contributed by atoms with Crippen LogP contribution < -0.4 is 5.32 Å². The molecule has 0 amide bonds. The number of fused-ring (bicyclic) bond motifs is 1. The van der Waals surface area contributed by atoms with Crippen LogP contribution in [0.4, 0.5) is 5.82 Å². The van der Waals surface area contributed by atoms with Crippen LogP contribution in [0.1, 0.15) is 13.2 Å². The van der Waals surface area contributed by atoms with Crippen molar-refractivity contribution < 1.29 is 43.3 Å². The molecule has 0 bridgehead atoms. The van der Waals surface area contributed by atoms with Crippen LogP contribution in [-0.2, 0) is 18.4 Å². The number of aromatic nitrogens is 4. The van der Waals surface area contributed by atoms with E-state index in [9.17, 15) is 24.2 Å². The van der Waals surface area contributed by atoms with Gasteiger partial charge in [0.2, 0.25) is 0 Å². The largest absolute Gasteiger partial charge is 0.387 e. The fraction of sp³-hybridized carbons (Fsp3) is 0.615. The van der Waals surface area contributed by atoms with Crippen LogP contribution in [0.15, 0.2) is 12.7 Å². The molecule has 1 saturated heterocycles. The molecule has 2 aromatic heterocycles. The van der Waals surface area contributed by atoms with Gasteiger partial charge in [-0.25, -0.2) is 15.0 Å². The summed E-state index contributed by atoms with van der Waals surface area (Å²) in [7, 11) is -9.42. The Morgan fingerprint density at radius 1 is 1.21 bits per heavy atom. The molecule has 3 heterocycles.